The van der Waals surface area contributed by atoms with Crippen LogP contribution in [0.5, 0.6) is 0 Å². The van der Waals surface area contributed by atoms with Gasteiger partial charge >= 0.3 is 6.03 Å². The number of anilines is 2. The van der Waals surface area contributed by atoms with Crippen LogP contribution in [0.4, 0.5) is 16.2 Å². The summed E-state index contributed by atoms with van der Waals surface area (Å²) in [4.78, 5) is 17.3. The zero-order valence-corrected chi connectivity index (χ0v) is 18.3. The summed E-state index contributed by atoms with van der Waals surface area (Å²) in [5.74, 6) is 0. The highest BCUT2D eigenvalue weighted by atomic mass is 79.9. The fraction of sp³-hybridized carbons (Fsp3) is 0.150. The fourth-order valence-corrected chi connectivity index (χ4v) is 4.85. The second-order valence-corrected chi connectivity index (χ2v) is 9.10. The Kier molecular flexibility index (Phi) is 4.88. The van der Waals surface area contributed by atoms with Gasteiger partial charge in [-0.3, -0.25) is 9.80 Å². The van der Waals surface area contributed by atoms with E-state index in [1.807, 2.05) is 73.0 Å². The van der Waals surface area contributed by atoms with Gasteiger partial charge < -0.3 is 5.11 Å². The van der Waals surface area contributed by atoms with Crippen LogP contribution in [-0.4, -0.2) is 17.2 Å². The predicted octanol–water partition coefficient (Wildman–Crippen LogP) is 5.95. The predicted molar refractivity (Wildman–Crippen MR) is 116 cm³/mol. The highest BCUT2D eigenvalue weighted by Crippen LogP contribution is 2.45. The number of halogens is 2. The Balaban J connectivity index is 1.87. The standard InChI is InChI=1S/C20H16Br2N2O2S/c1-13-20(26,18-3-2-12-27-18)24(17-10-6-15(22)7-11-17)19(25)23(13)16-8-4-14(21)5-9-16/h2-13,26H,1H3/t13-,20?/m1/s1. The van der Waals surface area contributed by atoms with Gasteiger partial charge in [0.15, 0.2) is 0 Å². The van der Waals surface area contributed by atoms with Crippen LogP contribution in [-0.2, 0) is 5.72 Å². The number of carbonyl (C=O) groups is 1. The number of thiophene rings is 1. The molecule has 1 N–H and O–H groups in total. The smallest absolute Gasteiger partial charge is 0.332 e. The molecule has 2 atom stereocenters. The molecule has 0 aliphatic carbocycles. The summed E-state index contributed by atoms with van der Waals surface area (Å²) in [5, 5.41) is 13.7. The molecule has 2 heterocycles. The highest BCUT2D eigenvalue weighted by Gasteiger charge is 2.57. The highest BCUT2D eigenvalue weighted by molar-refractivity contribution is 9.10. The maximum Gasteiger partial charge on any atom is 0.332 e. The molecule has 0 spiro atoms. The summed E-state index contributed by atoms with van der Waals surface area (Å²) in [6, 6.07) is 17.9. The van der Waals surface area contributed by atoms with Crippen molar-refractivity contribution >= 4 is 60.6 Å². The normalized spacial score (nSPS) is 22.5. The van der Waals surface area contributed by atoms with E-state index in [1.54, 1.807) is 4.90 Å². The second kappa shape index (κ2) is 7.05. The van der Waals surface area contributed by atoms with E-state index in [0.29, 0.717) is 5.69 Å². The lowest BCUT2D eigenvalue weighted by molar-refractivity contribution is 0.0409. The zero-order valence-electron chi connectivity index (χ0n) is 14.3. The molecule has 1 fully saturated rings. The Hall–Kier alpha value is -1.67. The molecule has 1 aromatic heterocycles. The van der Waals surface area contributed by atoms with Gasteiger partial charge in [0.1, 0.15) is 0 Å². The van der Waals surface area contributed by atoms with Crippen LogP contribution in [0.25, 0.3) is 0 Å². The largest absolute Gasteiger partial charge is 0.364 e. The van der Waals surface area contributed by atoms with Gasteiger partial charge in [0.25, 0.3) is 0 Å². The summed E-state index contributed by atoms with van der Waals surface area (Å²) in [5.41, 5.74) is -0.0811. The molecule has 27 heavy (non-hydrogen) atoms. The van der Waals surface area contributed by atoms with Crippen molar-refractivity contribution < 1.29 is 9.90 Å². The van der Waals surface area contributed by atoms with Crippen molar-refractivity contribution in [3.63, 3.8) is 0 Å². The fourth-order valence-electron chi connectivity index (χ4n) is 3.42. The first-order valence-corrected chi connectivity index (χ1v) is 10.8. The number of urea groups is 1. The van der Waals surface area contributed by atoms with Gasteiger partial charge in [-0.2, -0.15) is 0 Å². The number of nitrogens with zero attached hydrogens (tertiary/aromatic N) is 2. The molecule has 1 aliphatic rings. The number of amides is 2. The minimum Gasteiger partial charge on any atom is -0.364 e. The number of carbonyl (C=O) groups excluding carboxylic acids is 1. The third-order valence-electron chi connectivity index (χ3n) is 4.78. The first kappa shape index (κ1) is 18.7. The van der Waals surface area contributed by atoms with Crippen LogP contribution in [0, 0.1) is 0 Å². The Bertz CT molecular complexity index is 961. The van der Waals surface area contributed by atoms with E-state index in [4.69, 9.17) is 0 Å². The van der Waals surface area contributed by atoms with Crippen LogP contribution >= 0.6 is 43.2 Å². The number of rotatable bonds is 3. The first-order chi connectivity index (χ1) is 12.9. The quantitative estimate of drug-likeness (QED) is 0.475. The molecule has 1 saturated heterocycles. The molecule has 0 bridgehead atoms. The molecule has 138 valence electrons. The van der Waals surface area contributed by atoms with E-state index >= 15 is 0 Å². The van der Waals surface area contributed by atoms with Crippen molar-refractivity contribution in [2.24, 2.45) is 0 Å². The van der Waals surface area contributed by atoms with Crippen LogP contribution in [0.1, 0.15) is 11.8 Å². The van der Waals surface area contributed by atoms with Crippen molar-refractivity contribution in [1.29, 1.82) is 0 Å². The molecule has 2 amide bonds. The van der Waals surface area contributed by atoms with E-state index in [-0.39, 0.29) is 6.03 Å². The molecule has 1 aliphatic heterocycles. The summed E-state index contributed by atoms with van der Waals surface area (Å²) in [7, 11) is 0. The van der Waals surface area contributed by atoms with Crippen molar-refractivity contribution in [1.82, 2.24) is 0 Å². The van der Waals surface area contributed by atoms with Gasteiger partial charge in [-0.25, -0.2) is 4.79 Å². The maximum absolute atomic E-state index is 13.5. The first-order valence-electron chi connectivity index (χ1n) is 8.34. The van der Waals surface area contributed by atoms with Gasteiger partial charge in [0.2, 0.25) is 5.72 Å². The second-order valence-electron chi connectivity index (χ2n) is 6.32. The Morgan fingerprint density at radius 2 is 1.52 bits per heavy atom. The van der Waals surface area contributed by atoms with Crippen LogP contribution in [0.2, 0.25) is 0 Å². The lowest BCUT2D eigenvalue weighted by Gasteiger charge is -2.34. The maximum atomic E-state index is 13.5. The van der Waals surface area contributed by atoms with Gasteiger partial charge in [-0.15, -0.1) is 11.3 Å². The van der Waals surface area contributed by atoms with Crippen LogP contribution in [0.3, 0.4) is 0 Å². The van der Waals surface area contributed by atoms with Crippen molar-refractivity contribution in [3.8, 4) is 0 Å². The third-order valence-corrected chi connectivity index (χ3v) is 6.82. The SMILES string of the molecule is C[C@H]1N(c2ccc(Br)cc2)C(=O)N(c2ccc(Br)cc2)C1(O)c1cccs1. The molecular formula is C20H16Br2N2O2S. The molecule has 0 radical (unpaired) electrons. The number of aliphatic hydroxyl groups is 1. The topological polar surface area (TPSA) is 43.8 Å². The zero-order chi connectivity index (χ0) is 19.2. The number of hydrogen-bond acceptors (Lipinski definition) is 3. The molecule has 4 rings (SSSR count). The Morgan fingerprint density at radius 3 is 2.04 bits per heavy atom. The Morgan fingerprint density at radius 1 is 0.963 bits per heavy atom. The summed E-state index contributed by atoms with van der Waals surface area (Å²) >= 11 is 8.29. The van der Waals surface area contributed by atoms with E-state index in [1.165, 1.54) is 16.2 Å². The molecule has 4 nitrogen and oxygen atoms in total. The van der Waals surface area contributed by atoms with Crippen molar-refractivity contribution in [3.05, 3.63) is 79.9 Å². The molecule has 2 aromatic carbocycles. The number of benzene rings is 2. The van der Waals surface area contributed by atoms with Gasteiger partial charge in [-0.05, 0) is 66.9 Å². The van der Waals surface area contributed by atoms with Crippen LogP contribution in [0.15, 0.2) is 75.0 Å². The van der Waals surface area contributed by atoms with Crippen LogP contribution < -0.4 is 9.80 Å². The third kappa shape index (κ3) is 3.02. The summed E-state index contributed by atoms with van der Waals surface area (Å²) < 4.78 is 1.85. The molecule has 1 unspecified atom stereocenters. The van der Waals surface area contributed by atoms with E-state index in [9.17, 15) is 9.90 Å². The lowest BCUT2D eigenvalue weighted by Crippen LogP contribution is -2.47. The average Bonchev–Trinajstić information content (AvgIpc) is 3.25. The minimum atomic E-state index is -1.47. The lowest BCUT2D eigenvalue weighted by atomic mass is 10.0. The monoisotopic (exact) mass is 506 g/mol. The van der Waals surface area contributed by atoms with Gasteiger partial charge in [-0.1, -0.05) is 37.9 Å². The average molecular weight is 508 g/mol. The van der Waals surface area contributed by atoms with E-state index in [2.05, 4.69) is 31.9 Å². The summed E-state index contributed by atoms with van der Waals surface area (Å²) in [6.45, 7) is 1.87. The molecule has 3 aromatic rings. The molecule has 7 heteroatoms. The summed E-state index contributed by atoms with van der Waals surface area (Å²) in [6.07, 6.45) is 0. The minimum absolute atomic E-state index is 0.261. The molecular weight excluding hydrogens is 492 g/mol. The van der Waals surface area contributed by atoms with Crippen molar-refractivity contribution in [2.45, 2.75) is 18.7 Å². The Labute approximate surface area is 178 Å². The molecule has 0 saturated carbocycles. The van der Waals surface area contributed by atoms with Crippen molar-refractivity contribution in [2.75, 3.05) is 9.80 Å². The van der Waals surface area contributed by atoms with E-state index < -0.39 is 11.8 Å². The van der Waals surface area contributed by atoms with E-state index in [0.717, 1.165) is 19.5 Å². The van der Waals surface area contributed by atoms with Gasteiger partial charge in [0, 0.05) is 20.3 Å². The number of hydrogen-bond donors (Lipinski definition) is 1. The van der Waals surface area contributed by atoms with Gasteiger partial charge in [0.05, 0.1) is 10.9 Å².